The van der Waals surface area contributed by atoms with Crippen LogP contribution >= 0.6 is 23.2 Å². The smallest absolute Gasteiger partial charge is 0.164 e. The highest BCUT2D eigenvalue weighted by Gasteiger charge is 2.39. The van der Waals surface area contributed by atoms with Gasteiger partial charge in [0.25, 0.3) is 0 Å². The largest absolute Gasteiger partial charge is 0.497 e. The summed E-state index contributed by atoms with van der Waals surface area (Å²) in [6.45, 7) is 2.19. The summed E-state index contributed by atoms with van der Waals surface area (Å²) in [6, 6.07) is 26.5. The van der Waals surface area contributed by atoms with Crippen molar-refractivity contribution in [2.24, 2.45) is 4.99 Å². The van der Waals surface area contributed by atoms with Gasteiger partial charge in [0.1, 0.15) is 11.4 Å². The Bertz CT molecular complexity index is 1590. The highest BCUT2D eigenvalue weighted by atomic mass is 35.5. The maximum Gasteiger partial charge on any atom is 0.164 e. The summed E-state index contributed by atoms with van der Waals surface area (Å²) < 4.78 is 7.50. The molecule has 0 saturated heterocycles. The van der Waals surface area contributed by atoms with Crippen molar-refractivity contribution in [3.63, 3.8) is 0 Å². The third-order valence-corrected chi connectivity index (χ3v) is 7.31. The molecular formula is C31H26Cl2N4O. The summed E-state index contributed by atoms with van der Waals surface area (Å²) in [5.41, 5.74) is 6.10. The van der Waals surface area contributed by atoms with Crippen molar-refractivity contribution >= 4 is 34.9 Å². The molecule has 190 valence electrons. The van der Waals surface area contributed by atoms with E-state index in [0.717, 1.165) is 52.5 Å². The first-order chi connectivity index (χ1) is 18.6. The lowest BCUT2D eigenvalue weighted by Gasteiger charge is -2.37. The first-order valence-corrected chi connectivity index (χ1v) is 13.4. The maximum atomic E-state index is 6.74. The van der Waals surface area contributed by atoms with Gasteiger partial charge in [-0.2, -0.15) is 5.10 Å². The summed E-state index contributed by atoms with van der Waals surface area (Å²) in [5.74, 6) is 2.13. The van der Waals surface area contributed by atoms with Crippen LogP contribution in [0.4, 0.5) is 5.82 Å². The lowest BCUT2D eigenvalue weighted by atomic mass is 9.92. The van der Waals surface area contributed by atoms with E-state index in [1.165, 1.54) is 5.56 Å². The van der Waals surface area contributed by atoms with Crippen LogP contribution in [0.25, 0.3) is 16.9 Å². The van der Waals surface area contributed by atoms with E-state index in [4.69, 9.17) is 38.0 Å². The number of fused-ring (bicyclic) bond motifs is 2. The van der Waals surface area contributed by atoms with E-state index in [1.54, 1.807) is 13.2 Å². The second-order valence-electron chi connectivity index (χ2n) is 9.31. The van der Waals surface area contributed by atoms with E-state index < -0.39 is 0 Å². The number of benzene rings is 3. The highest BCUT2D eigenvalue weighted by Crippen LogP contribution is 2.48. The van der Waals surface area contributed by atoms with Crippen LogP contribution in [0.5, 0.6) is 5.75 Å². The number of halogens is 2. The number of aromatic nitrogens is 2. The Hall–Kier alpha value is -3.80. The second kappa shape index (κ2) is 10.2. The van der Waals surface area contributed by atoms with Crippen LogP contribution in [0.3, 0.4) is 0 Å². The number of para-hydroxylation sites is 1. The Kier molecular flexibility index (Phi) is 6.56. The van der Waals surface area contributed by atoms with Crippen molar-refractivity contribution in [1.29, 1.82) is 0 Å². The minimum atomic E-state index is -0.286. The van der Waals surface area contributed by atoms with Gasteiger partial charge in [-0.05, 0) is 47.9 Å². The molecule has 0 unspecified atom stereocenters. The molecule has 0 radical (unpaired) electrons. The van der Waals surface area contributed by atoms with Gasteiger partial charge in [-0.1, -0.05) is 91.1 Å². The Morgan fingerprint density at radius 1 is 0.947 bits per heavy atom. The molecular weight excluding hydrogens is 515 g/mol. The molecule has 4 aromatic rings. The molecule has 5 nitrogen and oxygen atoms in total. The zero-order chi connectivity index (χ0) is 26.2. The van der Waals surface area contributed by atoms with Gasteiger partial charge in [0, 0.05) is 11.8 Å². The number of aliphatic imine (C=N–C) groups is 1. The molecule has 7 heteroatoms. The third kappa shape index (κ3) is 4.32. The Labute approximate surface area is 232 Å². The zero-order valence-corrected chi connectivity index (χ0v) is 22.6. The fraction of sp³-hybridized carbons (Fsp3) is 0.161. The van der Waals surface area contributed by atoms with E-state index >= 15 is 0 Å². The molecule has 2 aliphatic rings. The predicted molar refractivity (Wildman–Crippen MR) is 155 cm³/mol. The van der Waals surface area contributed by atoms with Crippen LogP contribution in [-0.2, 0) is 6.42 Å². The van der Waals surface area contributed by atoms with Crippen molar-refractivity contribution in [1.82, 2.24) is 14.7 Å². The molecule has 0 fully saturated rings. The van der Waals surface area contributed by atoms with E-state index in [-0.39, 0.29) is 6.04 Å². The number of ether oxygens (including phenoxy) is 1. The molecule has 3 aromatic carbocycles. The molecule has 3 heterocycles. The summed E-state index contributed by atoms with van der Waals surface area (Å²) in [4.78, 5) is 7.11. The minimum absolute atomic E-state index is 0.286. The Balaban J connectivity index is 1.65. The van der Waals surface area contributed by atoms with Gasteiger partial charge < -0.3 is 9.64 Å². The summed E-state index contributed by atoms with van der Waals surface area (Å²) in [6.07, 6.45) is 5.75. The monoisotopic (exact) mass is 540 g/mol. The standard InChI is InChI=1S/C31H26Cl2N4O/c1-3-8-20-13-15-21(16-14-20)28-27-29(22-9-7-12-25(17-22)38-2)36-19-23(32)18-26(33)30(36)34-31(27)37(35-28)24-10-5-4-6-11-24/h4-7,9-19,29H,3,8H2,1-2H3/t29-/m1/s1. The number of hydrogen-bond donors (Lipinski definition) is 0. The fourth-order valence-corrected chi connectivity index (χ4v) is 5.61. The molecule has 38 heavy (non-hydrogen) atoms. The van der Waals surface area contributed by atoms with Crippen LogP contribution in [0.2, 0.25) is 0 Å². The number of nitrogens with zero attached hydrogens (tertiary/aromatic N) is 4. The molecule has 0 spiro atoms. The van der Waals surface area contributed by atoms with Crippen LogP contribution in [-0.4, -0.2) is 27.6 Å². The van der Waals surface area contributed by atoms with Crippen molar-refractivity contribution in [3.8, 4) is 22.7 Å². The fourth-order valence-electron chi connectivity index (χ4n) is 5.09. The van der Waals surface area contributed by atoms with Gasteiger partial charge in [-0.15, -0.1) is 0 Å². The van der Waals surface area contributed by atoms with Gasteiger partial charge in [0.15, 0.2) is 11.7 Å². The molecule has 0 saturated carbocycles. The van der Waals surface area contributed by atoms with Gasteiger partial charge in [0.05, 0.1) is 34.5 Å². The van der Waals surface area contributed by atoms with E-state index in [0.29, 0.717) is 15.9 Å². The number of rotatable bonds is 6. The first kappa shape index (κ1) is 24.5. The highest BCUT2D eigenvalue weighted by molar-refractivity contribution is 6.45. The maximum absolute atomic E-state index is 6.74. The number of allylic oxidation sites excluding steroid dienone is 2. The Morgan fingerprint density at radius 2 is 1.74 bits per heavy atom. The molecule has 0 N–H and O–H groups in total. The van der Waals surface area contributed by atoms with Crippen molar-refractivity contribution in [3.05, 3.63) is 118 Å². The lowest BCUT2D eigenvalue weighted by molar-refractivity contribution is 0.410. The average Bonchev–Trinajstić information content (AvgIpc) is 3.32. The average molecular weight is 541 g/mol. The Morgan fingerprint density at radius 3 is 2.47 bits per heavy atom. The summed E-state index contributed by atoms with van der Waals surface area (Å²) in [5, 5.41) is 6.17. The number of methoxy groups -OCH3 is 1. The van der Waals surface area contributed by atoms with Crippen LogP contribution in [0.1, 0.15) is 36.1 Å². The van der Waals surface area contributed by atoms with E-state index in [2.05, 4.69) is 37.3 Å². The van der Waals surface area contributed by atoms with Crippen LogP contribution < -0.4 is 4.74 Å². The van der Waals surface area contributed by atoms with Gasteiger partial charge >= 0.3 is 0 Å². The SMILES string of the molecule is CCCc1ccc(-c2nn(-c3ccccc3)c3c2[C@@H](c2cccc(OC)c2)N2C=C(Cl)C=C(Cl)C2=N3)cc1. The topological polar surface area (TPSA) is 42.6 Å². The molecule has 0 aliphatic carbocycles. The van der Waals surface area contributed by atoms with E-state index in [1.807, 2.05) is 64.3 Å². The van der Waals surface area contributed by atoms with Gasteiger partial charge in [-0.3, -0.25) is 0 Å². The third-order valence-electron chi connectivity index (χ3n) is 6.82. The van der Waals surface area contributed by atoms with E-state index in [9.17, 15) is 0 Å². The van der Waals surface area contributed by atoms with Crippen molar-refractivity contribution in [2.45, 2.75) is 25.8 Å². The molecule has 1 aromatic heterocycles. The minimum Gasteiger partial charge on any atom is -0.497 e. The lowest BCUT2D eigenvalue weighted by Crippen LogP contribution is -2.35. The quantitative estimate of drug-likeness (QED) is 0.247. The van der Waals surface area contributed by atoms with Crippen LogP contribution in [0.15, 0.2) is 106 Å². The predicted octanol–water partition coefficient (Wildman–Crippen LogP) is 8.15. The molecule has 2 aliphatic heterocycles. The zero-order valence-electron chi connectivity index (χ0n) is 21.1. The normalized spacial score (nSPS) is 16.3. The van der Waals surface area contributed by atoms with Crippen molar-refractivity contribution < 1.29 is 4.74 Å². The molecule has 6 rings (SSSR count). The first-order valence-electron chi connectivity index (χ1n) is 12.6. The second-order valence-corrected chi connectivity index (χ2v) is 10.2. The summed E-state index contributed by atoms with van der Waals surface area (Å²) >= 11 is 13.3. The van der Waals surface area contributed by atoms with Gasteiger partial charge in [-0.25, -0.2) is 9.67 Å². The van der Waals surface area contributed by atoms with Crippen molar-refractivity contribution in [2.75, 3.05) is 7.11 Å². The number of aryl methyl sites for hydroxylation is 1. The molecule has 0 amide bonds. The molecule has 0 bridgehead atoms. The van der Waals surface area contributed by atoms with Crippen LogP contribution in [0, 0.1) is 0 Å². The number of hydrogen-bond acceptors (Lipinski definition) is 4. The number of amidine groups is 1. The summed E-state index contributed by atoms with van der Waals surface area (Å²) in [7, 11) is 1.67. The molecule has 1 atom stereocenters. The van der Waals surface area contributed by atoms with Gasteiger partial charge in [0.2, 0.25) is 0 Å².